The highest BCUT2D eigenvalue weighted by atomic mass is 35.5. The van der Waals surface area contributed by atoms with Gasteiger partial charge in [0.2, 0.25) is 0 Å². The normalized spacial score (nSPS) is 15.4. The summed E-state index contributed by atoms with van der Waals surface area (Å²) in [4.78, 5) is 14.8. The first-order chi connectivity index (χ1) is 14.1. The highest BCUT2D eigenvalue weighted by molar-refractivity contribution is 6.42. The van der Waals surface area contributed by atoms with Crippen LogP contribution in [0, 0.1) is 0 Å². The lowest BCUT2D eigenvalue weighted by Gasteiger charge is -2.32. The zero-order valence-electron chi connectivity index (χ0n) is 16.0. The van der Waals surface area contributed by atoms with Gasteiger partial charge in [-0.15, -0.1) is 0 Å². The van der Waals surface area contributed by atoms with Crippen molar-refractivity contribution in [2.45, 2.75) is 25.4 Å². The van der Waals surface area contributed by atoms with E-state index in [1.165, 1.54) is 0 Å². The molecule has 1 saturated heterocycles. The van der Waals surface area contributed by atoms with E-state index in [1.807, 2.05) is 54.6 Å². The third kappa shape index (κ3) is 5.21. The van der Waals surface area contributed by atoms with Gasteiger partial charge in [0, 0.05) is 31.4 Å². The maximum atomic E-state index is 12.4. The fraction of sp³-hybridized carbons (Fsp3) is 0.261. The van der Waals surface area contributed by atoms with E-state index < -0.39 is 0 Å². The van der Waals surface area contributed by atoms with Gasteiger partial charge in [0.1, 0.15) is 0 Å². The summed E-state index contributed by atoms with van der Waals surface area (Å²) in [6, 6.07) is 19.9. The zero-order valence-corrected chi connectivity index (χ0v) is 17.5. The van der Waals surface area contributed by atoms with Crippen LogP contribution < -0.4 is 10.6 Å². The molecule has 0 saturated carbocycles. The molecule has 0 aliphatic carbocycles. The number of urea groups is 1. The Morgan fingerprint density at radius 1 is 0.931 bits per heavy atom. The van der Waals surface area contributed by atoms with Crippen molar-refractivity contribution < 1.29 is 4.79 Å². The van der Waals surface area contributed by atoms with Crippen molar-refractivity contribution in [3.63, 3.8) is 0 Å². The van der Waals surface area contributed by atoms with Crippen LogP contribution in [-0.2, 0) is 6.54 Å². The predicted octanol–water partition coefficient (Wildman–Crippen LogP) is 5.93. The summed E-state index contributed by atoms with van der Waals surface area (Å²) in [7, 11) is 0. The van der Waals surface area contributed by atoms with Gasteiger partial charge in [-0.1, -0.05) is 59.6 Å². The Morgan fingerprint density at radius 3 is 2.45 bits per heavy atom. The van der Waals surface area contributed by atoms with Gasteiger partial charge in [-0.3, -0.25) is 4.90 Å². The summed E-state index contributed by atoms with van der Waals surface area (Å²) in [5.41, 5.74) is 1.96. The van der Waals surface area contributed by atoms with E-state index in [4.69, 9.17) is 23.2 Å². The Kier molecular flexibility index (Phi) is 6.24. The van der Waals surface area contributed by atoms with Crippen LogP contribution in [0.3, 0.4) is 0 Å². The van der Waals surface area contributed by atoms with Crippen LogP contribution in [0.15, 0.2) is 60.7 Å². The average molecular weight is 428 g/mol. The Bertz CT molecular complexity index is 1020. The van der Waals surface area contributed by atoms with Crippen LogP contribution in [0.4, 0.5) is 10.5 Å². The number of anilines is 1. The molecule has 2 N–H and O–H groups in total. The average Bonchev–Trinajstić information content (AvgIpc) is 2.72. The molecule has 4 rings (SSSR count). The molecule has 3 aromatic carbocycles. The van der Waals surface area contributed by atoms with Gasteiger partial charge >= 0.3 is 6.03 Å². The number of fused-ring (bicyclic) bond motifs is 1. The molecule has 1 fully saturated rings. The van der Waals surface area contributed by atoms with Gasteiger partial charge in [0.15, 0.2) is 0 Å². The number of nitrogens with one attached hydrogen (secondary N) is 2. The molecule has 1 aliphatic rings. The quantitative estimate of drug-likeness (QED) is 0.541. The molecule has 4 nitrogen and oxygen atoms in total. The van der Waals surface area contributed by atoms with Gasteiger partial charge in [-0.05, 0) is 53.4 Å². The standard InChI is InChI=1S/C23H23Cl2N3O/c24-21-8-5-16(13-22(21)25)15-28-11-9-19(10-12-28)26-23(29)27-20-7-6-17-3-1-2-4-18(17)14-20/h1-8,13-14,19H,9-12,15H2,(H2,26,27,29). The number of carbonyl (C=O) groups is 1. The van der Waals surface area contributed by atoms with E-state index in [0.29, 0.717) is 10.0 Å². The Morgan fingerprint density at radius 2 is 1.69 bits per heavy atom. The lowest BCUT2D eigenvalue weighted by Crippen LogP contribution is -2.45. The molecule has 0 atom stereocenters. The van der Waals surface area contributed by atoms with Gasteiger partial charge in [-0.25, -0.2) is 4.79 Å². The monoisotopic (exact) mass is 427 g/mol. The van der Waals surface area contributed by atoms with E-state index in [1.54, 1.807) is 0 Å². The van der Waals surface area contributed by atoms with E-state index in [9.17, 15) is 4.79 Å². The van der Waals surface area contributed by atoms with Crippen LogP contribution in [0.2, 0.25) is 10.0 Å². The van der Waals surface area contributed by atoms with Gasteiger partial charge in [0.05, 0.1) is 10.0 Å². The molecule has 29 heavy (non-hydrogen) atoms. The first kappa shape index (κ1) is 20.0. The highest BCUT2D eigenvalue weighted by Gasteiger charge is 2.21. The Balaban J connectivity index is 1.26. The highest BCUT2D eigenvalue weighted by Crippen LogP contribution is 2.24. The second-order valence-electron chi connectivity index (χ2n) is 7.46. The van der Waals surface area contributed by atoms with Crippen LogP contribution in [0.25, 0.3) is 10.8 Å². The molecule has 150 valence electrons. The number of piperidine rings is 1. The van der Waals surface area contributed by atoms with Crippen molar-refractivity contribution in [1.82, 2.24) is 10.2 Å². The second kappa shape index (κ2) is 9.04. The third-order valence-electron chi connectivity index (χ3n) is 5.32. The van der Waals surface area contributed by atoms with Crippen LogP contribution in [-0.4, -0.2) is 30.1 Å². The number of benzene rings is 3. The third-order valence-corrected chi connectivity index (χ3v) is 6.06. The van der Waals surface area contributed by atoms with Crippen molar-refractivity contribution in [2.24, 2.45) is 0 Å². The number of amides is 2. The van der Waals surface area contributed by atoms with Crippen molar-refractivity contribution in [3.05, 3.63) is 76.3 Å². The molecule has 0 aromatic heterocycles. The summed E-state index contributed by atoms with van der Waals surface area (Å²) in [6.45, 7) is 2.70. The maximum absolute atomic E-state index is 12.4. The topological polar surface area (TPSA) is 44.4 Å². The second-order valence-corrected chi connectivity index (χ2v) is 8.27. The molecular weight excluding hydrogens is 405 g/mol. The van der Waals surface area contributed by atoms with Crippen molar-refractivity contribution >= 4 is 45.7 Å². The molecule has 3 aromatic rings. The largest absolute Gasteiger partial charge is 0.335 e. The van der Waals surface area contributed by atoms with E-state index in [0.717, 1.165) is 54.5 Å². The zero-order chi connectivity index (χ0) is 20.2. The molecule has 0 bridgehead atoms. The number of hydrogen-bond donors (Lipinski definition) is 2. The molecular formula is C23H23Cl2N3O. The SMILES string of the molecule is O=C(Nc1ccc2ccccc2c1)NC1CCN(Cc2ccc(Cl)c(Cl)c2)CC1. The summed E-state index contributed by atoms with van der Waals surface area (Å²) >= 11 is 12.1. The summed E-state index contributed by atoms with van der Waals surface area (Å²) in [5, 5.41) is 9.49. The Labute approximate surface area is 180 Å². The lowest BCUT2D eigenvalue weighted by molar-refractivity contribution is 0.190. The lowest BCUT2D eigenvalue weighted by atomic mass is 10.0. The molecule has 6 heteroatoms. The Hall–Kier alpha value is -2.27. The molecule has 1 aliphatic heterocycles. The first-order valence-electron chi connectivity index (χ1n) is 9.79. The minimum atomic E-state index is -0.150. The number of carbonyl (C=O) groups excluding carboxylic acids is 1. The van der Waals surface area contributed by atoms with E-state index in [-0.39, 0.29) is 12.1 Å². The maximum Gasteiger partial charge on any atom is 0.319 e. The van der Waals surface area contributed by atoms with Gasteiger partial charge < -0.3 is 10.6 Å². The molecule has 0 unspecified atom stereocenters. The summed E-state index contributed by atoms with van der Waals surface area (Å²) in [6.07, 6.45) is 1.85. The molecule has 0 spiro atoms. The molecule has 1 heterocycles. The van der Waals surface area contributed by atoms with Crippen LogP contribution in [0.1, 0.15) is 18.4 Å². The van der Waals surface area contributed by atoms with Crippen molar-refractivity contribution in [1.29, 1.82) is 0 Å². The predicted molar refractivity (Wildman–Crippen MR) is 121 cm³/mol. The number of likely N-dealkylation sites (tertiary alicyclic amines) is 1. The minimum Gasteiger partial charge on any atom is -0.335 e. The number of nitrogens with zero attached hydrogens (tertiary/aromatic N) is 1. The van der Waals surface area contributed by atoms with Crippen molar-refractivity contribution in [3.8, 4) is 0 Å². The summed E-state index contributed by atoms with van der Waals surface area (Å²) < 4.78 is 0. The molecule has 0 radical (unpaired) electrons. The fourth-order valence-corrected chi connectivity index (χ4v) is 4.07. The minimum absolute atomic E-state index is 0.150. The van der Waals surface area contributed by atoms with Crippen molar-refractivity contribution in [2.75, 3.05) is 18.4 Å². The van der Waals surface area contributed by atoms with Gasteiger partial charge in [0.25, 0.3) is 0 Å². The number of rotatable bonds is 4. The fourth-order valence-electron chi connectivity index (χ4n) is 3.75. The number of hydrogen-bond acceptors (Lipinski definition) is 2. The smallest absolute Gasteiger partial charge is 0.319 e. The van der Waals surface area contributed by atoms with E-state index in [2.05, 4.69) is 21.6 Å². The van der Waals surface area contributed by atoms with Crippen LogP contribution >= 0.6 is 23.2 Å². The van der Waals surface area contributed by atoms with Gasteiger partial charge in [-0.2, -0.15) is 0 Å². The first-order valence-corrected chi connectivity index (χ1v) is 10.5. The summed E-state index contributed by atoms with van der Waals surface area (Å²) in [5.74, 6) is 0. The number of halogens is 2. The van der Waals surface area contributed by atoms with Crippen LogP contribution in [0.5, 0.6) is 0 Å². The van der Waals surface area contributed by atoms with E-state index >= 15 is 0 Å². The molecule has 2 amide bonds.